The second-order valence-electron chi connectivity index (χ2n) is 8.82. The van der Waals surface area contributed by atoms with Crippen molar-refractivity contribution in [3.05, 3.63) is 35.4 Å². The monoisotopic (exact) mass is 426 g/mol. The summed E-state index contributed by atoms with van der Waals surface area (Å²) in [7, 11) is 0. The maximum Gasteiger partial charge on any atom is 0.325 e. The lowest BCUT2D eigenvalue weighted by Gasteiger charge is -2.35. The first kappa shape index (κ1) is 21.3. The Hall–Kier alpha value is -2.90. The lowest BCUT2D eigenvalue weighted by Crippen LogP contribution is -2.51. The highest BCUT2D eigenvalue weighted by molar-refractivity contribution is 6.07. The molecule has 31 heavy (non-hydrogen) atoms. The third-order valence-corrected chi connectivity index (χ3v) is 6.72. The van der Waals surface area contributed by atoms with E-state index in [0.717, 1.165) is 24.8 Å². The van der Waals surface area contributed by atoms with Crippen LogP contribution in [-0.4, -0.2) is 76.7 Å². The van der Waals surface area contributed by atoms with Gasteiger partial charge in [-0.15, -0.1) is 0 Å². The van der Waals surface area contributed by atoms with E-state index in [1.54, 1.807) is 9.80 Å². The lowest BCUT2D eigenvalue weighted by atomic mass is 9.82. The predicted octanol–water partition coefficient (Wildman–Crippen LogP) is 1.92. The van der Waals surface area contributed by atoms with Gasteiger partial charge in [0.25, 0.3) is 11.8 Å². The molecule has 1 saturated carbocycles. The Labute approximate surface area is 182 Å². The molecular formula is C23H30N4O4. The van der Waals surface area contributed by atoms with Gasteiger partial charge in [0, 0.05) is 44.7 Å². The SMILES string of the molecule is Cc1ccc(C(=O)N2CCN(C(=O)CCN3C(=O)NC4(CCCCC4)C3=O)CC2)cc1. The highest BCUT2D eigenvalue weighted by Crippen LogP contribution is 2.33. The molecule has 1 aromatic carbocycles. The molecule has 1 aromatic rings. The summed E-state index contributed by atoms with van der Waals surface area (Å²) in [6.07, 6.45) is 4.43. The average Bonchev–Trinajstić information content (AvgIpc) is 3.01. The molecule has 166 valence electrons. The van der Waals surface area contributed by atoms with E-state index < -0.39 is 5.54 Å². The molecule has 0 radical (unpaired) electrons. The molecule has 0 bridgehead atoms. The van der Waals surface area contributed by atoms with Crippen LogP contribution in [0.25, 0.3) is 0 Å². The minimum atomic E-state index is -0.750. The fraction of sp³-hybridized carbons (Fsp3) is 0.565. The molecule has 3 fully saturated rings. The molecule has 0 unspecified atom stereocenters. The molecule has 1 N–H and O–H groups in total. The molecule has 5 amide bonds. The van der Waals surface area contributed by atoms with E-state index in [2.05, 4.69) is 5.32 Å². The van der Waals surface area contributed by atoms with Crippen LogP contribution >= 0.6 is 0 Å². The number of urea groups is 1. The number of hydrogen-bond acceptors (Lipinski definition) is 4. The van der Waals surface area contributed by atoms with Crippen molar-refractivity contribution < 1.29 is 19.2 Å². The summed E-state index contributed by atoms with van der Waals surface area (Å²) in [6, 6.07) is 7.10. The van der Waals surface area contributed by atoms with Crippen LogP contribution in [0.15, 0.2) is 24.3 Å². The van der Waals surface area contributed by atoms with E-state index in [4.69, 9.17) is 0 Å². The van der Waals surface area contributed by atoms with Crippen LogP contribution in [0.5, 0.6) is 0 Å². The van der Waals surface area contributed by atoms with Crippen molar-refractivity contribution in [3.63, 3.8) is 0 Å². The largest absolute Gasteiger partial charge is 0.339 e. The van der Waals surface area contributed by atoms with E-state index >= 15 is 0 Å². The van der Waals surface area contributed by atoms with Crippen molar-refractivity contribution in [1.82, 2.24) is 20.0 Å². The second kappa shape index (κ2) is 8.69. The van der Waals surface area contributed by atoms with E-state index in [0.29, 0.717) is 44.6 Å². The summed E-state index contributed by atoms with van der Waals surface area (Å²) in [4.78, 5) is 55.2. The highest BCUT2D eigenvalue weighted by Gasteiger charge is 2.51. The number of aryl methyl sites for hydroxylation is 1. The number of hydrogen-bond donors (Lipinski definition) is 1. The van der Waals surface area contributed by atoms with Gasteiger partial charge in [0.2, 0.25) is 5.91 Å². The number of carbonyl (C=O) groups is 4. The zero-order valence-corrected chi connectivity index (χ0v) is 18.1. The molecule has 1 spiro atoms. The topological polar surface area (TPSA) is 90.0 Å². The molecule has 0 atom stereocenters. The maximum absolute atomic E-state index is 12.8. The van der Waals surface area contributed by atoms with Gasteiger partial charge in [0.15, 0.2) is 0 Å². The van der Waals surface area contributed by atoms with Crippen LogP contribution < -0.4 is 5.32 Å². The number of rotatable bonds is 4. The highest BCUT2D eigenvalue weighted by atomic mass is 16.2. The Balaban J connectivity index is 1.27. The van der Waals surface area contributed by atoms with E-state index in [9.17, 15) is 19.2 Å². The number of benzene rings is 1. The van der Waals surface area contributed by atoms with Gasteiger partial charge in [0.05, 0.1) is 0 Å². The third-order valence-electron chi connectivity index (χ3n) is 6.72. The average molecular weight is 427 g/mol. The quantitative estimate of drug-likeness (QED) is 0.745. The van der Waals surface area contributed by atoms with Crippen LogP contribution in [0.2, 0.25) is 0 Å². The number of amides is 5. The van der Waals surface area contributed by atoms with Gasteiger partial charge in [0.1, 0.15) is 5.54 Å². The summed E-state index contributed by atoms with van der Waals surface area (Å²) < 4.78 is 0. The zero-order valence-electron chi connectivity index (χ0n) is 18.1. The molecule has 2 saturated heterocycles. The van der Waals surface area contributed by atoms with Crippen molar-refractivity contribution >= 4 is 23.8 Å². The van der Waals surface area contributed by atoms with Crippen LogP contribution in [0.4, 0.5) is 4.79 Å². The number of nitrogens with zero attached hydrogens (tertiary/aromatic N) is 3. The summed E-state index contributed by atoms with van der Waals surface area (Å²) in [5, 5.41) is 2.88. The smallest absolute Gasteiger partial charge is 0.325 e. The summed E-state index contributed by atoms with van der Waals surface area (Å²) in [6.45, 7) is 3.96. The maximum atomic E-state index is 12.8. The minimum absolute atomic E-state index is 0.0239. The van der Waals surface area contributed by atoms with E-state index in [1.165, 1.54) is 4.90 Å². The van der Waals surface area contributed by atoms with Crippen LogP contribution in [0, 0.1) is 6.92 Å². The normalized spacial score (nSPS) is 20.9. The molecule has 4 rings (SSSR count). The van der Waals surface area contributed by atoms with Gasteiger partial charge < -0.3 is 15.1 Å². The number of piperazine rings is 1. The van der Waals surface area contributed by atoms with Crippen molar-refractivity contribution in [2.24, 2.45) is 0 Å². The Morgan fingerprint density at radius 3 is 2.19 bits per heavy atom. The Kier molecular flexibility index (Phi) is 5.98. The standard InChI is InChI=1S/C23H30N4O4/c1-17-5-7-18(8-6-17)20(29)26-15-13-25(14-16-26)19(28)9-12-27-21(30)23(24-22(27)31)10-3-2-4-11-23/h5-8H,2-4,9-16H2,1H3,(H,24,31). The first-order valence-electron chi connectivity index (χ1n) is 11.2. The predicted molar refractivity (Wildman–Crippen MR) is 114 cm³/mol. The van der Waals surface area contributed by atoms with E-state index in [1.807, 2.05) is 31.2 Å². The van der Waals surface area contributed by atoms with Gasteiger partial charge in [-0.3, -0.25) is 19.3 Å². The lowest BCUT2D eigenvalue weighted by molar-refractivity contribution is -0.135. The molecule has 8 heteroatoms. The number of imide groups is 1. The molecular weight excluding hydrogens is 396 g/mol. The molecule has 1 aliphatic carbocycles. The van der Waals surface area contributed by atoms with Crippen LogP contribution in [-0.2, 0) is 9.59 Å². The summed E-state index contributed by atoms with van der Waals surface area (Å²) >= 11 is 0. The third kappa shape index (κ3) is 4.29. The van der Waals surface area contributed by atoms with Gasteiger partial charge in [-0.05, 0) is 31.9 Å². The second-order valence-corrected chi connectivity index (χ2v) is 8.82. The van der Waals surface area contributed by atoms with Crippen molar-refractivity contribution in [2.45, 2.75) is 51.0 Å². The fourth-order valence-electron chi connectivity index (χ4n) is 4.78. The van der Waals surface area contributed by atoms with Gasteiger partial charge in [-0.2, -0.15) is 0 Å². The summed E-state index contributed by atoms with van der Waals surface area (Å²) in [5.74, 6) is -0.296. The first-order chi connectivity index (χ1) is 14.9. The van der Waals surface area contributed by atoms with Crippen molar-refractivity contribution in [1.29, 1.82) is 0 Å². The van der Waals surface area contributed by atoms with Gasteiger partial charge >= 0.3 is 6.03 Å². The molecule has 0 aromatic heterocycles. The Morgan fingerprint density at radius 1 is 0.935 bits per heavy atom. The number of nitrogens with one attached hydrogen (secondary N) is 1. The van der Waals surface area contributed by atoms with Gasteiger partial charge in [-0.1, -0.05) is 37.0 Å². The fourth-order valence-corrected chi connectivity index (χ4v) is 4.78. The molecule has 2 heterocycles. The molecule has 3 aliphatic rings. The zero-order chi connectivity index (χ0) is 22.0. The van der Waals surface area contributed by atoms with Crippen molar-refractivity contribution in [3.8, 4) is 0 Å². The minimum Gasteiger partial charge on any atom is -0.339 e. The van der Waals surface area contributed by atoms with Crippen LogP contribution in [0.3, 0.4) is 0 Å². The summed E-state index contributed by atoms with van der Waals surface area (Å²) in [5.41, 5.74) is 1.01. The Bertz CT molecular complexity index is 868. The number of carbonyl (C=O) groups excluding carboxylic acids is 4. The van der Waals surface area contributed by atoms with Crippen LogP contribution in [0.1, 0.15) is 54.4 Å². The molecule has 8 nitrogen and oxygen atoms in total. The van der Waals surface area contributed by atoms with E-state index in [-0.39, 0.29) is 36.7 Å². The van der Waals surface area contributed by atoms with Crippen molar-refractivity contribution in [2.75, 3.05) is 32.7 Å². The molecule has 2 aliphatic heterocycles. The first-order valence-corrected chi connectivity index (χ1v) is 11.2. The van der Waals surface area contributed by atoms with Gasteiger partial charge in [-0.25, -0.2) is 4.79 Å². The Morgan fingerprint density at radius 2 is 1.55 bits per heavy atom.